The molecular weight excluding hydrogens is 210 g/mol. The average molecular weight is 237 g/mol. The summed E-state index contributed by atoms with van der Waals surface area (Å²) < 4.78 is 2.28. The largest absolute Gasteiger partial charge is 0.333 e. The van der Waals surface area contributed by atoms with E-state index in [1.807, 2.05) is 12.5 Å². The lowest BCUT2D eigenvalue weighted by atomic mass is 9.82. The Kier molecular flexibility index (Phi) is 5.19. The van der Waals surface area contributed by atoms with Crippen LogP contribution in [0.2, 0.25) is 0 Å². The van der Waals surface area contributed by atoms with Crippen molar-refractivity contribution in [1.29, 1.82) is 0 Å². The average Bonchev–Trinajstić information content (AvgIpc) is 2.65. The molecule has 1 heterocycles. The zero-order valence-electron chi connectivity index (χ0n) is 12.0. The highest BCUT2D eigenvalue weighted by Crippen LogP contribution is 2.26. The standard InChI is InChI=1S/C14H27N3/c1-6-7-15-8-13-9-16-11-17(13)10-12(2)14(3,4)5/h9,11-12,15H,6-8,10H2,1-5H3. The maximum Gasteiger partial charge on any atom is 0.0948 e. The van der Waals surface area contributed by atoms with Gasteiger partial charge in [0.05, 0.1) is 12.0 Å². The summed E-state index contributed by atoms with van der Waals surface area (Å²) in [5.74, 6) is 0.640. The van der Waals surface area contributed by atoms with Gasteiger partial charge in [-0.05, 0) is 24.3 Å². The van der Waals surface area contributed by atoms with Gasteiger partial charge < -0.3 is 9.88 Å². The molecule has 3 heteroatoms. The zero-order chi connectivity index (χ0) is 12.9. The maximum absolute atomic E-state index is 4.26. The van der Waals surface area contributed by atoms with Crippen molar-refractivity contribution >= 4 is 0 Å². The number of nitrogens with zero attached hydrogens (tertiary/aromatic N) is 2. The van der Waals surface area contributed by atoms with Crippen LogP contribution in [0.15, 0.2) is 12.5 Å². The van der Waals surface area contributed by atoms with Crippen LogP contribution in [-0.4, -0.2) is 16.1 Å². The van der Waals surface area contributed by atoms with Gasteiger partial charge in [0.2, 0.25) is 0 Å². The Labute approximate surface area is 106 Å². The summed E-state index contributed by atoms with van der Waals surface area (Å²) in [6.45, 7) is 14.4. The number of rotatable bonds is 6. The van der Waals surface area contributed by atoms with Crippen LogP contribution >= 0.6 is 0 Å². The number of aromatic nitrogens is 2. The van der Waals surface area contributed by atoms with Crippen LogP contribution in [-0.2, 0) is 13.1 Å². The molecule has 0 bridgehead atoms. The fraction of sp³-hybridized carbons (Fsp3) is 0.786. The molecule has 0 saturated heterocycles. The van der Waals surface area contributed by atoms with E-state index in [0.717, 1.165) is 19.6 Å². The topological polar surface area (TPSA) is 29.9 Å². The first-order chi connectivity index (χ1) is 7.95. The van der Waals surface area contributed by atoms with E-state index in [4.69, 9.17) is 0 Å². The molecule has 1 rings (SSSR count). The summed E-state index contributed by atoms with van der Waals surface area (Å²) in [7, 11) is 0. The van der Waals surface area contributed by atoms with E-state index in [-0.39, 0.29) is 0 Å². The van der Waals surface area contributed by atoms with Gasteiger partial charge in [0, 0.05) is 19.3 Å². The van der Waals surface area contributed by atoms with Crippen LogP contribution in [0.3, 0.4) is 0 Å². The van der Waals surface area contributed by atoms with Gasteiger partial charge in [0.25, 0.3) is 0 Å². The SMILES string of the molecule is CCCNCc1cncn1CC(C)C(C)(C)C. The monoisotopic (exact) mass is 237 g/mol. The molecule has 0 fully saturated rings. The van der Waals surface area contributed by atoms with Crippen molar-refractivity contribution in [3.8, 4) is 0 Å². The fourth-order valence-corrected chi connectivity index (χ4v) is 1.62. The second kappa shape index (κ2) is 6.20. The summed E-state index contributed by atoms with van der Waals surface area (Å²) in [6, 6.07) is 0. The van der Waals surface area contributed by atoms with Gasteiger partial charge in [-0.15, -0.1) is 0 Å². The Morgan fingerprint density at radius 1 is 1.41 bits per heavy atom. The molecule has 0 spiro atoms. The lowest BCUT2D eigenvalue weighted by Crippen LogP contribution is -2.24. The molecular formula is C14H27N3. The van der Waals surface area contributed by atoms with E-state index < -0.39 is 0 Å². The molecule has 98 valence electrons. The van der Waals surface area contributed by atoms with Crippen LogP contribution in [0.1, 0.15) is 46.7 Å². The third kappa shape index (κ3) is 4.50. The van der Waals surface area contributed by atoms with E-state index in [1.54, 1.807) is 0 Å². The molecule has 3 nitrogen and oxygen atoms in total. The Balaban J connectivity index is 2.56. The fourth-order valence-electron chi connectivity index (χ4n) is 1.62. The summed E-state index contributed by atoms with van der Waals surface area (Å²) in [5.41, 5.74) is 1.63. The molecule has 0 saturated carbocycles. The van der Waals surface area contributed by atoms with Crippen LogP contribution < -0.4 is 5.32 Å². The first-order valence-corrected chi connectivity index (χ1v) is 6.65. The molecule has 17 heavy (non-hydrogen) atoms. The highest BCUT2D eigenvalue weighted by atomic mass is 15.1. The Bertz CT molecular complexity index is 322. The lowest BCUT2D eigenvalue weighted by molar-refractivity contribution is 0.231. The predicted molar refractivity (Wildman–Crippen MR) is 72.8 cm³/mol. The van der Waals surface area contributed by atoms with Gasteiger partial charge in [-0.1, -0.05) is 34.6 Å². The van der Waals surface area contributed by atoms with E-state index >= 15 is 0 Å². The number of nitrogens with one attached hydrogen (secondary N) is 1. The van der Waals surface area contributed by atoms with Crippen LogP contribution in [0.25, 0.3) is 0 Å². The van der Waals surface area contributed by atoms with E-state index in [2.05, 4.69) is 49.5 Å². The first-order valence-electron chi connectivity index (χ1n) is 6.65. The number of hydrogen-bond acceptors (Lipinski definition) is 2. The molecule has 0 aliphatic carbocycles. The van der Waals surface area contributed by atoms with Gasteiger partial charge >= 0.3 is 0 Å². The summed E-state index contributed by atoms with van der Waals surface area (Å²) in [4.78, 5) is 4.26. The predicted octanol–water partition coefficient (Wildman–Crippen LogP) is 3.06. The molecule has 1 N–H and O–H groups in total. The van der Waals surface area contributed by atoms with Crippen molar-refractivity contribution in [2.45, 2.75) is 54.1 Å². The quantitative estimate of drug-likeness (QED) is 0.771. The third-order valence-corrected chi connectivity index (χ3v) is 3.48. The van der Waals surface area contributed by atoms with Crippen molar-refractivity contribution in [1.82, 2.24) is 14.9 Å². The normalized spacial score (nSPS) is 13.9. The van der Waals surface area contributed by atoms with Gasteiger partial charge in [-0.2, -0.15) is 0 Å². The molecule has 0 aromatic carbocycles. The van der Waals surface area contributed by atoms with Crippen molar-refractivity contribution in [2.24, 2.45) is 11.3 Å². The molecule has 0 radical (unpaired) electrons. The van der Waals surface area contributed by atoms with E-state index in [0.29, 0.717) is 11.3 Å². The van der Waals surface area contributed by atoms with Crippen molar-refractivity contribution < 1.29 is 0 Å². The minimum atomic E-state index is 0.346. The summed E-state index contributed by atoms with van der Waals surface area (Å²) in [6.07, 6.45) is 5.09. The zero-order valence-corrected chi connectivity index (χ0v) is 12.0. The molecule has 1 unspecified atom stereocenters. The van der Waals surface area contributed by atoms with Crippen molar-refractivity contribution in [3.05, 3.63) is 18.2 Å². The second-order valence-corrected chi connectivity index (χ2v) is 5.98. The number of imidazole rings is 1. The molecule has 1 aromatic heterocycles. The van der Waals surface area contributed by atoms with Crippen molar-refractivity contribution in [3.63, 3.8) is 0 Å². The van der Waals surface area contributed by atoms with Crippen LogP contribution in [0.5, 0.6) is 0 Å². The molecule has 0 aliphatic rings. The molecule has 1 atom stereocenters. The van der Waals surface area contributed by atoms with E-state index in [9.17, 15) is 0 Å². The summed E-state index contributed by atoms with van der Waals surface area (Å²) in [5, 5.41) is 3.43. The molecule has 0 aliphatic heterocycles. The summed E-state index contributed by atoms with van der Waals surface area (Å²) >= 11 is 0. The van der Waals surface area contributed by atoms with Gasteiger partial charge in [-0.3, -0.25) is 0 Å². The highest BCUT2D eigenvalue weighted by molar-refractivity contribution is 4.98. The highest BCUT2D eigenvalue weighted by Gasteiger charge is 2.20. The minimum Gasteiger partial charge on any atom is -0.333 e. The smallest absolute Gasteiger partial charge is 0.0948 e. The first kappa shape index (κ1) is 14.2. The minimum absolute atomic E-state index is 0.346. The maximum atomic E-state index is 4.26. The van der Waals surface area contributed by atoms with Gasteiger partial charge in [-0.25, -0.2) is 4.98 Å². The number of hydrogen-bond donors (Lipinski definition) is 1. The van der Waals surface area contributed by atoms with Gasteiger partial charge in [0.1, 0.15) is 0 Å². The van der Waals surface area contributed by atoms with Crippen molar-refractivity contribution in [2.75, 3.05) is 6.54 Å². The Morgan fingerprint density at radius 2 is 2.12 bits per heavy atom. The third-order valence-electron chi connectivity index (χ3n) is 3.48. The van der Waals surface area contributed by atoms with Gasteiger partial charge in [0.15, 0.2) is 0 Å². The molecule has 1 aromatic rings. The Morgan fingerprint density at radius 3 is 2.71 bits per heavy atom. The van der Waals surface area contributed by atoms with Crippen LogP contribution in [0.4, 0.5) is 0 Å². The second-order valence-electron chi connectivity index (χ2n) is 5.98. The molecule has 0 amide bonds. The van der Waals surface area contributed by atoms with E-state index in [1.165, 1.54) is 12.1 Å². The van der Waals surface area contributed by atoms with Crippen LogP contribution in [0, 0.1) is 11.3 Å². The lowest BCUT2D eigenvalue weighted by Gasteiger charge is -2.28. The Hall–Kier alpha value is -0.830.